The standard InChI is InChI=1S/C31H54N2O6/c1-9-38-28(35)18-32-27(34)17-24-15-23(8)13-14-31(24,21(5)6)33(19-29(36)39-10-2)30(37)26-16-22(7)11-12-25(26)20(3)4/h20-26H,9-19H2,1-8H3,(H,32,34). The van der Waals surface area contributed by atoms with Crippen LogP contribution < -0.4 is 5.32 Å². The fraction of sp³-hybridized carbons (Fsp3) is 0.871. The van der Waals surface area contributed by atoms with E-state index in [9.17, 15) is 19.2 Å². The molecule has 6 atom stereocenters. The largest absolute Gasteiger partial charge is 0.465 e. The van der Waals surface area contributed by atoms with Gasteiger partial charge in [-0.2, -0.15) is 0 Å². The van der Waals surface area contributed by atoms with E-state index >= 15 is 0 Å². The molecule has 0 aromatic rings. The predicted molar refractivity (Wildman–Crippen MR) is 152 cm³/mol. The van der Waals surface area contributed by atoms with E-state index in [0.29, 0.717) is 17.8 Å². The lowest BCUT2D eigenvalue weighted by Crippen LogP contribution is -2.65. The zero-order chi connectivity index (χ0) is 29.3. The highest BCUT2D eigenvalue weighted by atomic mass is 16.5. The molecule has 2 rings (SSSR count). The second kappa shape index (κ2) is 15.0. The summed E-state index contributed by atoms with van der Waals surface area (Å²) < 4.78 is 10.3. The Morgan fingerprint density at radius 1 is 0.897 bits per heavy atom. The van der Waals surface area contributed by atoms with Crippen molar-refractivity contribution >= 4 is 23.8 Å². The third-order valence-corrected chi connectivity index (χ3v) is 9.30. The van der Waals surface area contributed by atoms with Crippen LogP contribution in [-0.4, -0.2) is 60.5 Å². The van der Waals surface area contributed by atoms with Gasteiger partial charge in [-0.15, -0.1) is 0 Å². The minimum absolute atomic E-state index is 0.0183. The molecule has 0 aliphatic heterocycles. The summed E-state index contributed by atoms with van der Waals surface area (Å²) in [5, 5.41) is 2.72. The van der Waals surface area contributed by atoms with Crippen LogP contribution >= 0.6 is 0 Å². The Kier molecular flexibility index (Phi) is 12.8. The maximum atomic E-state index is 14.7. The van der Waals surface area contributed by atoms with E-state index < -0.39 is 17.5 Å². The van der Waals surface area contributed by atoms with Gasteiger partial charge in [0.05, 0.1) is 13.2 Å². The van der Waals surface area contributed by atoms with Crippen molar-refractivity contribution < 1.29 is 28.7 Å². The Labute approximate surface area is 236 Å². The molecule has 8 nitrogen and oxygen atoms in total. The van der Waals surface area contributed by atoms with Crippen LogP contribution in [0.15, 0.2) is 0 Å². The lowest BCUT2D eigenvalue weighted by molar-refractivity contribution is -0.166. The molecule has 39 heavy (non-hydrogen) atoms. The number of nitrogens with zero attached hydrogens (tertiary/aromatic N) is 1. The minimum atomic E-state index is -0.667. The van der Waals surface area contributed by atoms with Gasteiger partial charge in [-0.3, -0.25) is 19.2 Å². The summed E-state index contributed by atoms with van der Waals surface area (Å²) in [5.74, 6) is 0.0973. The van der Waals surface area contributed by atoms with Gasteiger partial charge in [0.15, 0.2) is 0 Å². The Bertz CT molecular complexity index is 843. The molecule has 2 saturated carbocycles. The monoisotopic (exact) mass is 550 g/mol. The Balaban J connectivity index is 2.50. The zero-order valence-electron chi connectivity index (χ0n) is 25.7. The highest BCUT2D eigenvalue weighted by Crippen LogP contribution is 2.49. The van der Waals surface area contributed by atoms with Gasteiger partial charge in [-0.05, 0) is 81.5 Å². The van der Waals surface area contributed by atoms with Crippen LogP contribution in [0.2, 0.25) is 0 Å². The molecule has 2 fully saturated rings. The first-order chi connectivity index (χ1) is 18.4. The number of rotatable bonds is 12. The van der Waals surface area contributed by atoms with Crippen molar-refractivity contribution in [3.05, 3.63) is 0 Å². The molecule has 8 heteroatoms. The number of ether oxygens (including phenoxy) is 2. The topological polar surface area (TPSA) is 102 Å². The number of nitrogens with one attached hydrogen (secondary N) is 1. The summed E-state index contributed by atoms with van der Waals surface area (Å²) in [4.78, 5) is 54.5. The molecule has 0 heterocycles. The maximum absolute atomic E-state index is 14.7. The summed E-state index contributed by atoms with van der Waals surface area (Å²) in [6.45, 7) is 16.7. The molecule has 6 unspecified atom stereocenters. The second-order valence-corrected chi connectivity index (χ2v) is 12.7. The highest BCUT2D eigenvalue weighted by molar-refractivity contribution is 5.85. The second-order valence-electron chi connectivity index (χ2n) is 12.7. The van der Waals surface area contributed by atoms with Crippen molar-refractivity contribution in [1.82, 2.24) is 10.2 Å². The van der Waals surface area contributed by atoms with Gasteiger partial charge in [0.1, 0.15) is 13.1 Å². The van der Waals surface area contributed by atoms with Crippen molar-refractivity contribution in [3.63, 3.8) is 0 Å². The SMILES string of the molecule is CCOC(=O)CNC(=O)CC1CC(C)CCC1(C(C)C)N(CC(=O)OCC)C(=O)C1CC(C)CCC1C(C)C. The molecule has 2 aliphatic carbocycles. The van der Waals surface area contributed by atoms with Crippen molar-refractivity contribution in [3.8, 4) is 0 Å². The highest BCUT2D eigenvalue weighted by Gasteiger charge is 2.53. The molecule has 224 valence electrons. The fourth-order valence-corrected chi connectivity index (χ4v) is 7.31. The van der Waals surface area contributed by atoms with Crippen LogP contribution in [0.5, 0.6) is 0 Å². The molecular formula is C31H54N2O6. The average molecular weight is 551 g/mol. The van der Waals surface area contributed by atoms with Gasteiger partial charge in [0, 0.05) is 17.9 Å². The van der Waals surface area contributed by atoms with E-state index in [2.05, 4.69) is 46.9 Å². The van der Waals surface area contributed by atoms with Gasteiger partial charge < -0.3 is 19.7 Å². The van der Waals surface area contributed by atoms with Crippen molar-refractivity contribution in [2.75, 3.05) is 26.3 Å². The zero-order valence-corrected chi connectivity index (χ0v) is 25.7. The number of hydrogen-bond donors (Lipinski definition) is 1. The predicted octanol–water partition coefficient (Wildman–Crippen LogP) is 4.99. The van der Waals surface area contributed by atoms with Gasteiger partial charge in [0.25, 0.3) is 0 Å². The molecule has 0 saturated heterocycles. The van der Waals surface area contributed by atoms with Crippen LogP contribution in [0.4, 0.5) is 0 Å². The van der Waals surface area contributed by atoms with Crippen LogP contribution in [0, 0.1) is 41.4 Å². The van der Waals surface area contributed by atoms with E-state index in [1.807, 2.05) is 4.90 Å². The number of amides is 2. The van der Waals surface area contributed by atoms with E-state index in [4.69, 9.17) is 9.47 Å². The van der Waals surface area contributed by atoms with E-state index in [1.165, 1.54) is 0 Å². The summed E-state index contributed by atoms with van der Waals surface area (Å²) in [6, 6.07) is 0. The van der Waals surface area contributed by atoms with Gasteiger partial charge in [-0.1, -0.05) is 48.0 Å². The van der Waals surface area contributed by atoms with Crippen LogP contribution in [0.25, 0.3) is 0 Å². The van der Waals surface area contributed by atoms with Crippen molar-refractivity contribution in [1.29, 1.82) is 0 Å². The normalized spacial score (nSPS) is 29.1. The molecule has 2 amide bonds. The quantitative estimate of drug-likeness (QED) is 0.344. The molecule has 0 radical (unpaired) electrons. The van der Waals surface area contributed by atoms with Gasteiger partial charge >= 0.3 is 11.9 Å². The average Bonchev–Trinajstić information content (AvgIpc) is 2.86. The van der Waals surface area contributed by atoms with Crippen LogP contribution in [-0.2, 0) is 28.7 Å². The molecule has 0 bridgehead atoms. The summed E-state index contributed by atoms with van der Waals surface area (Å²) in [6.07, 6.45) is 5.53. The van der Waals surface area contributed by atoms with Gasteiger partial charge in [-0.25, -0.2) is 0 Å². The molecule has 2 aliphatic rings. The Morgan fingerprint density at radius 3 is 2.10 bits per heavy atom. The maximum Gasteiger partial charge on any atom is 0.325 e. The smallest absolute Gasteiger partial charge is 0.325 e. The van der Waals surface area contributed by atoms with Crippen molar-refractivity contribution in [2.45, 2.75) is 106 Å². The number of esters is 2. The Morgan fingerprint density at radius 2 is 1.51 bits per heavy atom. The summed E-state index contributed by atoms with van der Waals surface area (Å²) in [7, 11) is 0. The van der Waals surface area contributed by atoms with E-state index in [-0.39, 0.29) is 68.2 Å². The number of hydrogen-bond acceptors (Lipinski definition) is 6. The summed E-state index contributed by atoms with van der Waals surface area (Å²) in [5.41, 5.74) is -0.667. The first-order valence-electron chi connectivity index (χ1n) is 15.3. The van der Waals surface area contributed by atoms with E-state index in [1.54, 1.807) is 13.8 Å². The molecule has 1 N–H and O–H groups in total. The van der Waals surface area contributed by atoms with Crippen LogP contribution in [0.3, 0.4) is 0 Å². The minimum Gasteiger partial charge on any atom is -0.465 e. The third-order valence-electron chi connectivity index (χ3n) is 9.30. The lowest BCUT2D eigenvalue weighted by atomic mass is 9.61. The molecule has 0 aromatic carbocycles. The van der Waals surface area contributed by atoms with Crippen molar-refractivity contribution in [2.24, 2.45) is 41.4 Å². The third kappa shape index (κ3) is 8.43. The molecular weight excluding hydrogens is 496 g/mol. The molecule has 0 aromatic heterocycles. The Hall–Kier alpha value is -2.12. The number of carbonyl (C=O) groups excluding carboxylic acids is 4. The first kappa shape index (κ1) is 33.1. The fourth-order valence-electron chi connectivity index (χ4n) is 7.31. The van der Waals surface area contributed by atoms with E-state index in [0.717, 1.165) is 38.5 Å². The first-order valence-corrected chi connectivity index (χ1v) is 15.3. The van der Waals surface area contributed by atoms with Crippen LogP contribution in [0.1, 0.15) is 100 Å². The van der Waals surface area contributed by atoms with Gasteiger partial charge in [0.2, 0.25) is 11.8 Å². The summed E-state index contributed by atoms with van der Waals surface area (Å²) >= 11 is 0. The lowest BCUT2D eigenvalue weighted by Gasteiger charge is -2.56. The molecule has 0 spiro atoms. The number of carbonyl (C=O) groups is 4.